The largest absolute Gasteiger partial charge is 0.351 e. The standard InChI is InChI=1S/C17H14FN5O/c1-9-13-7-12(8-19-16(13)23(2)22-9)20-17(24)15-6-10-5-11(18)3-4-14(10)21-15/h3-8,21H,1-2H3,(H,20,24). The molecule has 4 rings (SSSR count). The first-order chi connectivity index (χ1) is 11.5. The molecule has 120 valence electrons. The van der Waals surface area contributed by atoms with E-state index in [1.807, 2.05) is 20.0 Å². The highest BCUT2D eigenvalue weighted by atomic mass is 19.1. The Kier molecular flexibility index (Phi) is 3.09. The van der Waals surface area contributed by atoms with Gasteiger partial charge >= 0.3 is 0 Å². The van der Waals surface area contributed by atoms with Crippen LogP contribution in [0, 0.1) is 12.7 Å². The fourth-order valence-electron chi connectivity index (χ4n) is 2.80. The van der Waals surface area contributed by atoms with Crippen LogP contribution in [-0.4, -0.2) is 25.7 Å². The molecule has 0 aliphatic heterocycles. The summed E-state index contributed by atoms with van der Waals surface area (Å²) in [6.45, 7) is 1.89. The molecule has 6 nitrogen and oxygen atoms in total. The zero-order valence-electron chi connectivity index (χ0n) is 13.1. The van der Waals surface area contributed by atoms with Crippen LogP contribution in [0.5, 0.6) is 0 Å². The Morgan fingerprint density at radius 1 is 1.29 bits per heavy atom. The minimum atomic E-state index is -0.338. The minimum Gasteiger partial charge on any atom is -0.351 e. The molecule has 2 N–H and O–H groups in total. The molecule has 1 amide bonds. The number of anilines is 1. The van der Waals surface area contributed by atoms with Gasteiger partial charge in [-0.2, -0.15) is 5.10 Å². The van der Waals surface area contributed by atoms with Gasteiger partial charge in [-0.05, 0) is 37.3 Å². The van der Waals surface area contributed by atoms with Gasteiger partial charge in [-0.3, -0.25) is 9.48 Å². The van der Waals surface area contributed by atoms with E-state index in [0.717, 1.165) is 16.7 Å². The lowest BCUT2D eigenvalue weighted by atomic mass is 10.2. The molecule has 7 heteroatoms. The van der Waals surface area contributed by atoms with Gasteiger partial charge in [0.25, 0.3) is 5.91 Å². The lowest BCUT2D eigenvalue weighted by Gasteiger charge is -2.03. The second-order valence-electron chi connectivity index (χ2n) is 5.67. The molecule has 0 aliphatic carbocycles. The van der Waals surface area contributed by atoms with E-state index in [2.05, 4.69) is 20.4 Å². The quantitative estimate of drug-likeness (QED) is 0.595. The van der Waals surface area contributed by atoms with E-state index in [1.165, 1.54) is 12.1 Å². The molecule has 3 aromatic heterocycles. The number of rotatable bonds is 2. The summed E-state index contributed by atoms with van der Waals surface area (Å²) < 4.78 is 14.9. The van der Waals surface area contributed by atoms with Crippen LogP contribution < -0.4 is 5.32 Å². The maximum absolute atomic E-state index is 13.3. The predicted octanol–water partition coefficient (Wildman–Crippen LogP) is 3.15. The lowest BCUT2D eigenvalue weighted by Crippen LogP contribution is -2.12. The number of fused-ring (bicyclic) bond motifs is 2. The Balaban J connectivity index is 1.66. The first-order valence-corrected chi connectivity index (χ1v) is 7.40. The molecular formula is C17H14FN5O. The summed E-state index contributed by atoms with van der Waals surface area (Å²) in [5.74, 6) is -0.649. The first-order valence-electron chi connectivity index (χ1n) is 7.40. The summed E-state index contributed by atoms with van der Waals surface area (Å²) in [4.78, 5) is 19.7. The van der Waals surface area contributed by atoms with Crippen LogP contribution in [0.25, 0.3) is 21.9 Å². The molecule has 0 radical (unpaired) electrons. The maximum atomic E-state index is 13.3. The Labute approximate surface area is 136 Å². The summed E-state index contributed by atoms with van der Waals surface area (Å²) in [6, 6.07) is 7.80. The van der Waals surface area contributed by atoms with Crippen LogP contribution in [0.1, 0.15) is 16.2 Å². The summed E-state index contributed by atoms with van der Waals surface area (Å²) in [7, 11) is 1.82. The molecular weight excluding hydrogens is 309 g/mol. The van der Waals surface area contributed by atoms with E-state index in [4.69, 9.17) is 0 Å². The monoisotopic (exact) mass is 323 g/mol. The third-order valence-corrected chi connectivity index (χ3v) is 3.95. The van der Waals surface area contributed by atoms with Crippen molar-refractivity contribution in [1.82, 2.24) is 19.7 Å². The van der Waals surface area contributed by atoms with Gasteiger partial charge in [0.2, 0.25) is 0 Å². The molecule has 0 saturated carbocycles. The fraction of sp³-hybridized carbons (Fsp3) is 0.118. The number of pyridine rings is 1. The van der Waals surface area contributed by atoms with E-state index in [1.54, 1.807) is 23.0 Å². The van der Waals surface area contributed by atoms with Crippen molar-refractivity contribution in [3.63, 3.8) is 0 Å². The molecule has 3 heterocycles. The SMILES string of the molecule is Cc1nn(C)c2ncc(NC(=O)c3cc4cc(F)ccc4[nH]3)cc12. The van der Waals surface area contributed by atoms with Crippen molar-refractivity contribution in [1.29, 1.82) is 0 Å². The van der Waals surface area contributed by atoms with Crippen molar-refractivity contribution in [3.8, 4) is 0 Å². The lowest BCUT2D eigenvalue weighted by molar-refractivity contribution is 0.102. The number of aromatic amines is 1. The van der Waals surface area contributed by atoms with Crippen LogP contribution in [-0.2, 0) is 7.05 Å². The minimum absolute atomic E-state index is 0.311. The molecule has 24 heavy (non-hydrogen) atoms. The summed E-state index contributed by atoms with van der Waals surface area (Å²) in [5.41, 5.74) is 3.24. The van der Waals surface area contributed by atoms with E-state index in [-0.39, 0.29) is 11.7 Å². The van der Waals surface area contributed by atoms with E-state index in [9.17, 15) is 9.18 Å². The average molecular weight is 323 g/mol. The highest BCUT2D eigenvalue weighted by Gasteiger charge is 2.12. The maximum Gasteiger partial charge on any atom is 0.272 e. The Morgan fingerprint density at radius 2 is 2.12 bits per heavy atom. The molecule has 0 unspecified atom stereocenters. The predicted molar refractivity (Wildman–Crippen MR) is 89.5 cm³/mol. The molecule has 4 aromatic rings. The van der Waals surface area contributed by atoms with Gasteiger partial charge in [0, 0.05) is 23.3 Å². The highest BCUT2D eigenvalue weighted by Crippen LogP contribution is 2.21. The number of hydrogen-bond acceptors (Lipinski definition) is 3. The Morgan fingerprint density at radius 3 is 2.96 bits per heavy atom. The number of hydrogen-bond donors (Lipinski definition) is 2. The van der Waals surface area contributed by atoms with Gasteiger partial charge in [0.05, 0.1) is 17.6 Å². The van der Waals surface area contributed by atoms with Crippen LogP contribution in [0.2, 0.25) is 0 Å². The molecule has 0 aliphatic rings. The second kappa shape index (κ2) is 5.16. The van der Waals surface area contributed by atoms with Crippen molar-refractivity contribution in [2.45, 2.75) is 6.92 Å². The third-order valence-electron chi connectivity index (χ3n) is 3.95. The first kappa shape index (κ1) is 14.4. The van der Waals surface area contributed by atoms with Crippen LogP contribution in [0.4, 0.5) is 10.1 Å². The van der Waals surface area contributed by atoms with Gasteiger partial charge in [-0.15, -0.1) is 0 Å². The van der Waals surface area contributed by atoms with Gasteiger partial charge in [-0.25, -0.2) is 9.37 Å². The van der Waals surface area contributed by atoms with Crippen molar-refractivity contribution < 1.29 is 9.18 Å². The second-order valence-corrected chi connectivity index (χ2v) is 5.67. The summed E-state index contributed by atoms with van der Waals surface area (Å²) in [6.07, 6.45) is 1.59. The highest BCUT2D eigenvalue weighted by molar-refractivity contribution is 6.06. The molecule has 0 spiro atoms. The van der Waals surface area contributed by atoms with Crippen molar-refractivity contribution in [3.05, 3.63) is 53.7 Å². The zero-order valence-corrected chi connectivity index (χ0v) is 13.1. The number of aryl methyl sites for hydroxylation is 2. The van der Waals surface area contributed by atoms with E-state index < -0.39 is 0 Å². The molecule has 0 saturated heterocycles. The van der Waals surface area contributed by atoms with Gasteiger partial charge in [0.15, 0.2) is 5.65 Å². The van der Waals surface area contributed by atoms with Gasteiger partial charge in [0.1, 0.15) is 11.5 Å². The zero-order chi connectivity index (χ0) is 16.8. The number of halogens is 1. The number of aromatic nitrogens is 4. The number of nitrogens with zero attached hydrogens (tertiary/aromatic N) is 3. The van der Waals surface area contributed by atoms with Crippen LogP contribution in [0.3, 0.4) is 0 Å². The number of nitrogens with one attached hydrogen (secondary N) is 2. The molecule has 0 bridgehead atoms. The smallest absolute Gasteiger partial charge is 0.272 e. The van der Waals surface area contributed by atoms with Crippen molar-refractivity contribution in [2.75, 3.05) is 5.32 Å². The molecule has 1 aromatic carbocycles. The molecule has 0 fully saturated rings. The number of carbonyl (C=O) groups excluding carboxylic acids is 1. The van der Waals surface area contributed by atoms with Gasteiger partial charge < -0.3 is 10.3 Å². The van der Waals surface area contributed by atoms with Gasteiger partial charge in [-0.1, -0.05) is 0 Å². The Bertz CT molecular complexity index is 1100. The van der Waals surface area contributed by atoms with Crippen molar-refractivity contribution in [2.24, 2.45) is 7.05 Å². The third kappa shape index (κ3) is 2.30. The Hall–Kier alpha value is -3.22. The summed E-state index contributed by atoms with van der Waals surface area (Å²) in [5, 5.41) is 8.64. The number of benzene rings is 1. The summed E-state index contributed by atoms with van der Waals surface area (Å²) >= 11 is 0. The average Bonchev–Trinajstić information content (AvgIpc) is 3.08. The number of carbonyl (C=O) groups is 1. The van der Waals surface area contributed by atoms with Crippen LogP contribution in [0.15, 0.2) is 36.5 Å². The topological polar surface area (TPSA) is 75.6 Å². The number of amides is 1. The van der Waals surface area contributed by atoms with Crippen LogP contribution >= 0.6 is 0 Å². The van der Waals surface area contributed by atoms with E-state index in [0.29, 0.717) is 22.3 Å². The molecule has 0 atom stereocenters. The fourth-order valence-corrected chi connectivity index (χ4v) is 2.80. The normalized spacial score (nSPS) is 11.3. The number of H-pyrrole nitrogens is 1. The van der Waals surface area contributed by atoms with E-state index >= 15 is 0 Å². The van der Waals surface area contributed by atoms with Crippen molar-refractivity contribution >= 4 is 33.5 Å².